The Balaban J connectivity index is 1.51. The van der Waals surface area contributed by atoms with Crippen LogP contribution < -0.4 is 15.5 Å². The summed E-state index contributed by atoms with van der Waals surface area (Å²) < 4.78 is 0. The van der Waals surface area contributed by atoms with E-state index in [-0.39, 0.29) is 0 Å². The van der Waals surface area contributed by atoms with E-state index in [1.165, 1.54) is 36.8 Å². The largest absolute Gasteiger partial charge is 0.357 e. The first-order valence-electron chi connectivity index (χ1n) is 10.5. The fourth-order valence-corrected chi connectivity index (χ4v) is 3.60. The predicted octanol–water partition coefficient (Wildman–Crippen LogP) is 3.93. The monoisotopic (exact) mass is 379 g/mol. The minimum atomic E-state index is 0.426. The van der Waals surface area contributed by atoms with E-state index in [4.69, 9.17) is 0 Å². The number of anilines is 1. The van der Waals surface area contributed by atoms with Crippen LogP contribution in [0.2, 0.25) is 0 Å². The molecule has 1 fully saturated rings. The molecule has 2 aromatic rings. The van der Waals surface area contributed by atoms with Crippen molar-refractivity contribution in [1.82, 2.24) is 15.6 Å². The van der Waals surface area contributed by atoms with Crippen LogP contribution in [0.3, 0.4) is 0 Å². The van der Waals surface area contributed by atoms with Crippen LogP contribution in [0, 0.1) is 0 Å². The number of aliphatic imine (C=N–C) groups is 1. The summed E-state index contributed by atoms with van der Waals surface area (Å²) in [6.45, 7) is 6.04. The van der Waals surface area contributed by atoms with Crippen molar-refractivity contribution in [1.29, 1.82) is 0 Å². The van der Waals surface area contributed by atoms with Crippen molar-refractivity contribution in [2.24, 2.45) is 4.99 Å². The third-order valence-electron chi connectivity index (χ3n) is 5.37. The van der Waals surface area contributed by atoms with Crippen molar-refractivity contribution >= 4 is 11.8 Å². The van der Waals surface area contributed by atoms with Gasteiger partial charge in [-0.05, 0) is 42.0 Å². The molecule has 0 radical (unpaired) electrons. The Bertz CT molecular complexity index is 736. The maximum atomic E-state index is 4.60. The van der Waals surface area contributed by atoms with E-state index >= 15 is 0 Å². The minimum absolute atomic E-state index is 0.426. The Labute approximate surface area is 169 Å². The van der Waals surface area contributed by atoms with Gasteiger partial charge >= 0.3 is 0 Å². The van der Waals surface area contributed by atoms with Crippen LogP contribution in [0.5, 0.6) is 0 Å². The number of benzene rings is 1. The highest BCUT2D eigenvalue weighted by Crippen LogP contribution is 2.18. The van der Waals surface area contributed by atoms with Gasteiger partial charge in [0.05, 0.1) is 0 Å². The van der Waals surface area contributed by atoms with Crippen LogP contribution in [-0.2, 0) is 6.54 Å². The number of guanidine groups is 1. The fourth-order valence-electron chi connectivity index (χ4n) is 3.60. The Kier molecular flexibility index (Phi) is 7.71. The molecule has 1 saturated heterocycles. The van der Waals surface area contributed by atoms with Gasteiger partial charge in [-0.1, -0.05) is 50.1 Å². The molecule has 150 valence electrons. The molecule has 0 aliphatic carbocycles. The first-order valence-corrected chi connectivity index (χ1v) is 10.5. The number of hydrogen-bond acceptors (Lipinski definition) is 3. The van der Waals surface area contributed by atoms with E-state index in [1.54, 1.807) is 0 Å². The molecule has 1 atom stereocenters. The summed E-state index contributed by atoms with van der Waals surface area (Å²) in [7, 11) is 1.82. The second-order valence-electron chi connectivity index (χ2n) is 7.54. The zero-order chi connectivity index (χ0) is 19.6. The van der Waals surface area contributed by atoms with Gasteiger partial charge in [0.25, 0.3) is 0 Å². The van der Waals surface area contributed by atoms with Crippen molar-refractivity contribution < 1.29 is 0 Å². The molecule has 2 heterocycles. The molecule has 1 aliphatic rings. The summed E-state index contributed by atoms with van der Waals surface area (Å²) in [4.78, 5) is 11.4. The highest BCUT2D eigenvalue weighted by Gasteiger charge is 2.11. The van der Waals surface area contributed by atoms with Gasteiger partial charge in [0, 0.05) is 39.4 Å². The van der Waals surface area contributed by atoms with Gasteiger partial charge in [-0.15, -0.1) is 0 Å². The Morgan fingerprint density at radius 1 is 1.07 bits per heavy atom. The number of nitrogens with zero attached hydrogens (tertiary/aromatic N) is 3. The standard InChI is InChI=1S/C23H33N5/c1-19(21-10-6-5-7-11-21)17-26-23(24-2)27-18-20-12-13-25-22(16-20)28-14-8-3-4-9-15-28/h5-7,10-13,16,19H,3-4,8-9,14-15,17-18H2,1-2H3,(H2,24,26,27). The third kappa shape index (κ3) is 5.98. The summed E-state index contributed by atoms with van der Waals surface area (Å²) in [5.41, 5.74) is 2.56. The van der Waals surface area contributed by atoms with E-state index in [0.29, 0.717) is 5.92 Å². The third-order valence-corrected chi connectivity index (χ3v) is 5.37. The number of aromatic nitrogens is 1. The summed E-state index contributed by atoms with van der Waals surface area (Å²) in [5, 5.41) is 6.86. The van der Waals surface area contributed by atoms with Crippen molar-refractivity contribution in [3.63, 3.8) is 0 Å². The lowest BCUT2D eigenvalue weighted by molar-refractivity contribution is 0.698. The van der Waals surface area contributed by atoms with Crippen LogP contribution in [-0.4, -0.2) is 37.6 Å². The van der Waals surface area contributed by atoms with E-state index < -0.39 is 0 Å². The van der Waals surface area contributed by atoms with Crippen LogP contribution in [0.25, 0.3) is 0 Å². The number of hydrogen-bond donors (Lipinski definition) is 2. The first-order chi connectivity index (χ1) is 13.8. The molecule has 1 aromatic carbocycles. The van der Waals surface area contributed by atoms with Crippen molar-refractivity contribution in [3.05, 3.63) is 59.8 Å². The molecule has 2 N–H and O–H groups in total. The van der Waals surface area contributed by atoms with Crippen LogP contribution in [0.4, 0.5) is 5.82 Å². The van der Waals surface area contributed by atoms with E-state index in [2.05, 4.69) is 74.9 Å². The molecular formula is C23H33N5. The van der Waals surface area contributed by atoms with Gasteiger partial charge in [0.15, 0.2) is 5.96 Å². The molecule has 28 heavy (non-hydrogen) atoms. The zero-order valence-electron chi connectivity index (χ0n) is 17.2. The first kappa shape index (κ1) is 20.2. The molecule has 0 saturated carbocycles. The van der Waals surface area contributed by atoms with Crippen molar-refractivity contribution in [3.8, 4) is 0 Å². The second-order valence-corrected chi connectivity index (χ2v) is 7.54. The molecular weight excluding hydrogens is 346 g/mol. The number of nitrogens with one attached hydrogen (secondary N) is 2. The Morgan fingerprint density at radius 3 is 2.54 bits per heavy atom. The SMILES string of the molecule is CN=C(NCc1ccnc(N2CCCCCC2)c1)NCC(C)c1ccccc1. The molecule has 0 spiro atoms. The summed E-state index contributed by atoms with van der Waals surface area (Å²) in [6, 6.07) is 14.9. The molecule has 5 heteroatoms. The van der Waals surface area contributed by atoms with Gasteiger partial charge in [-0.3, -0.25) is 4.99 Å². The number of rotatable bonds is 6. The van der Waals surface area contributed by atoms with Gasteiger partial charge in [0.2, 0.25) is 0 Å². The second kappa shape index (κ2) is 10.7. The van der Waals surface area contributed by atoms with Crippen molar-refractivity contribution in [2.75, 3.05) is 31.6 Å². The average Bonchev–Trinajstić information content (AvgIpc) is 3.04. The maximum absolute atomic E-state index is 4.60. The number of pyridine rings is 1. The molecule has 0 bridgehead atoms. The lowest BCUT2D eigenvalue weighted by Crippen LogP contribution is -2.38. The highest BCUT2D eigenvalue weighted by atomic mass is 15.2. The quantitative estimate of drug-likeness (QED) is 0.590. The average molecular weight is 380 g/mol. The fraction of sp³-hybridized carbons (Fsp3) is 0.478. The topological polar surface area (TPSA) is 52.6 Å². The molecule has 0 amide bonds. The minimum Gasteiger partial charge on any atom is -0.357 e. The molecule has 1 aromatic heterocycles. The lowest BCUT2D eigenvalue weighted by Gasteiger charge is -2.22. The zero-order valence-corrected chi connectivity index (χ0v) is 17.2. The smallest absolute Gasteiger partial charge is 0.191 e. The van der Waals surface area contributed by atoms with Gasteiger partial charge < -0.3 is 15.5 Å². The van der Waals surface area contributed by atoms with Crippen molar-refractivity contribution in [2.45, 2.75) is 45.1 Å². The molecule has 3 rings (SSSR count). The van der Waals surface area contributed by atoms with E-state index in [0.717, 1.165) is 38.0 Å². The van der Waals surface area contributed by atoms with Gasteiger partial charge in [-0.25, -0.2) is 4.98 Å². The molecule has 1 aliphatic heterocycles. The lowest BCUT2D eigenvalue weighted by atomic mass is 10.0. The van der Waals surface area contributed by atoms with Crippen LogP contribution >= 0.6 is 0 Å². The maximum Gasteiger partial charge on any atom is 0.191 e. The van der Waals surface area contributed by atoms with E-state index in [9.17, 15) is 0 Å². The van der Waals surface area contributed by atoms with Gasteiger partial charge in [-0.2, -0.15) is 0 Å². The summed E-state index contributed by atoms with van der Waals surface area (Å²) >= 11 is 0. The Hall–Kier alpha value is -2.56. The molecule has 1 unspecified atom stereocenters. The normalized spacial score (nSPS) is 16.4. The van der Waals surface area contributed by atoms with Crippen LogP contribution in [0.15, 0.2) is 53.7 Å². The van der Waals surface area contributed by atoms with Gasteiger partial charge in [0.1, 0.15) is 5.82 Å². The van der Waals surface area contributed by atoms with E-state index in [1.807, 2.05) is 13.2 Å². The van der Waals surface area contributed by atoms with Crippen LogP contribution in [0.1, 0.15) is 49.7 Å². The predicted molar refractivity (Wildman–Crippen MR) is 118 cm³/mol. The summed E-state index contributed by atoms with van der Waals surface area (Å²) in [5.74, 6) is 2.35. The highest BCUT2D eigenvalue weighted by molar-refractivity contribution is 5.79. The Morgan fingerprint density at radius 2 is 1.82 bits per heavy atom. The summed E-state index contributed by atoms with van der Waals surface area (Å²) in [6.07, 6.45) is 7.12. The molecule has 5 nitrogen and oxygen atoms in total.